The molecule has 0 fully saturated rings. The molecule has 0 aliphatic carbocycles. The van der Waals surface area contributed by atoms with Crippen LogP contribution < -0.4 is 10.1 Å². The standard InChI is InChI=1S/C22H25NO5S/c1-14-5-7-19(15(2)9-14)23-21(25)11-28-22(26)13-29-12-18-10-17(16(3)24)6-8-20(18)27-4/h5-10H,11-13H2,1-4H3,(H,23,25). The minimum Gasteiger partial charge on any atom is -0.496 e. The van der Waals surface area contributed by atoms with Gasteiger partial charge in [0.25, 0.3) is 5.91 Å². The van der Waals surface area contributed by atoms with Crippen LogP contribution in [0.25, 0.3) is 0 Å². The maximum absolute atomic E-state index is 12.0. The van der Waals surface area contributed by atoms with Gasteiger partial charge in [0.15, 0.2) is 12.4 Å². The summed E-state index contributed by atoms with van der Waals surface area (Å²) in [5.74, 6) is 0.328. The van der Waals surface area contributed by atoms with Crippen LogP contribution in [0.15, 0.2) is 36.4 Å². The van der Waals surface area contributed by atoms with Crippen molar-refractivity contribution in [3.63, 3.8) is 0 Å². The summed E-state index contributed by atoms with van der Waals surface area (Å²) in [6.07, 6.45) is 0. The van der Waals surface area contributed by atoms with Gasteiger partial charge in [-0.3, -0.25) is 14.4 Å². The largest absolute Gasteiger partial charge is 0.496 e. The average Bonchev–Trinajstić information content (AvgIpc) is 2.68. The van der Waals surface area contributed by atoms with Crippen LogP contribution >= 0.6 is 11.8 Å². The maximum atomic E-state index is 12.0. The zero-order valence-corrected chi connectivity index (χ0v) is 17.9. The van der Waals surface area contributed by atoms with E-state index in [1.54, 1.807) is 25.3 Å². The second-order valence-corrected chi connectivity index (χ2v) is 7.59. The monoisotopic (exact) mass is 415 g/mol. The van der Waals surface area contributed by atoms with Gasteiger partial charge in [0.1, 0.15) is 5.75 Å². The number of amides is 1. The van der Waals surface area contributed by atoms with E-state index in [-0.39, 0.29) is 24.1 Å². The molecule has 7 heteroatoms. The van der Waals surface area contributed by atoms with Gasteiger partial charge in [0, 0.05) is 22.6 Å². The summed E-state index contributed by atoms with van der Waals surface area (Å²) in [7, 11) is 1.56. The van der Waals surface area contributed by atoms with Crippen LogP contribution in [0.3, 0.4) is 0 Å². The van der Waals surface area contributed by atoms with Crippen molar-refractivity contribution in [1.29, 1.82) is 0 Å². The van der Waals surface area contributed by atoms with Crippen LogP contribution in [0.1, 0.15) is 34.0 Å². The van der Waals surface area contributed by atoms with Crippen molar-refractivity contribution in [2.75, 3.05) is 24.8 Å². The molecule has 0 aromatic heterocycles. The van der Waals surface area contributed by atoms with Crippen molar-refractivity contribution in [1.82, 2.24) is 0 Å². The predicted molar refractivity (Wildman–Crippen MR) is 115 cm³/mol. The SMILES string of the molecule is COc1ccc(C(C)=O)cc1CSCC(=O)OCC(=O)Nc1ccc(C)cc1C. The van der Waals surface area contributed by atoms with E-state index >= 15 is 0 Å². The van der Waals surface area contributed by atoms with Crippen molar-refractivity contribution >= 4 is 35.1 Å². The van der Waals surface area contributed by atoms with Crippen LogP contribution in [-0.4, -0.2) is 37.1 Å². The third-order valence-electron chi connectivity index (χ3n) is 4.18. The molecule has 0 atom stereocenters. The van der Waals surface area contributed by atoms with E-state index in [4.69, 9.17) is 9.47 Å². The molecule has 0 spiro atoms. The molecule has 2 aromatic carbocycles. The molecule has 2 rings (SSSR count). The van der Waals surface area contributed by atoms with Crippen molar-refractivity contribution in [2.45, 2.75) is 26.5 Å². The highest BCUT2D eigenvalue weighted by Crippen LogP contribution is 2.25. The molecule has 1 amide bonds. The lowest BCUT2D eigenvalue weighted by Gasteiger charge is -2.11. The Hall–Kier alpha value is -2.80. The number of Topliss-reactive ketones (excluding diaryl/α,β-unsaturated/α-hetero) is 1. The summed E-state index contributed by atoms with van der Waals surface area (Å²) in [6, 6.07) is 10.9. The first-order chi connectivity index (χ1) is 13.8. The van der Waals surface area contributed by atoms with Gasteiger partial charge < -0.3 is 14.8 Å². The number of methoxy groups -OCH3 is 1. The molecule has 0 heterocycles. The highest BCUT2D eigenvalue weighted by molar-refractivity contribution is 7.99. The summed E-state index contributed by atoms with van der Waals surface area (Å²) in [6.45, 7) is 5.04. The molecule has 2 aromatic rings. The fourth-order valence-corrected chi connectivity index (χ4v) is 3.48. The number of hydrogen-bond donors (Lipinski definition) is 1. The molecule has 0 aliphatic rings. The third-order valence-corrected chi connectivity index (χ3v) is 5.14. The Morgan fingerprint density at radius 1 is 1.07 bits per heavy atom. The van der Waals surface area contributed by atoms with E-state index < -0.39 is 5.97 Å². The minimum absolute atomic E-state index is 0.0341. The van der Waals surface area contributed by atoms with Gasteiger partial charge in [0.05, 0.1) is 12.9 Å². The number of rotatable bonds is 9. The quantitative estimate of drug-likeness (QED) is 0.494. The number of hydrogen-bond acceptors (Lipinski definition) is 6. The Morgan fingerprint density at radius 3 is 2.48 bits per heavy atom. The number of aryl methyl sites for hydroxylation is 2. The molecule has 29 heavy (non-hydrogen) atoms. The highest BCUT2D eigenvalue weighted by Gasteiger charge is 2.12. The van der Waals surface area contributed by atoms with Gasteiger partial charge in [0.2, 0.25) is 0 Å². The van der Waals surface area contributed by atoms with E-state index in [2.05, 4.69) is 5.32 Å². The number of ketones is 1. The van der Waals surface area contributed by atoms with E-state index in [0.29, 0.717) is 22.8 Å². The van der Waals surface area contributed by atoms with Crippen LogP contribution in [0.2, 0.25) is 0 Å². The average molecular weight is 416 g/mol. The molecule has 0 aliphatic heterocycles. The van der Waals surface area contributed by atoms with E-state index in [1.165, 1.54) is 18.7 Å². The molecule has 0 saturated heterocycles. The topological polar surface area (TPSA) is 81.7 Å². The summed E-state index contributed by atoms with van der Waals surface area (Å²) in [4.78, 5) is 35.5. The molecule has 0 unspecified atom stereocenters. The molecule has 0 saturated carbocycles. The van der Waals surface area contributed by atoms with Crippen molar-refractivity contribution in [3.05, 3.63) is 58.7 Å². The van der Waals surface area contributed by atoms with Crippen molar-refractivity contribution in [2.24, 2.45) is 0 Å². The molecular formula is C22H25NO5S. The lowest BCUT2D eigenvalue weighted by atomic mass is 10.1. The lowest BCUT2D eigenvalue weighted by Crippen LogP contribution is -2.22. The smallest absolute Gasteiger partial charge is 0.316 e. The third kappa shape index (κ3) is 6.94. The fraction of sp³-hybridized carbons (Fsp3) is 0.318. The molecular weight excluding hydrogens is 390 g/mol. The van der Waals surface area contributed by atoms with Gasteiger partial charge in [-0.2, -0.15) is 0 Å². The Labute approximate surface area is 175 Å². The molecule has 0 radical (unpaired) electrons. The highest BCUT2D eigenvalue weighted by atomic mass is 32.2. The van der Waals surface area contributed by atoms with Crippen LogP contribution in [0.5, 0.6) is 5.75 Å². The Morgan fingerprint density at radius 2 is 1.83 bits per heavy atom. The number of esters is 1. The summed E-state index contributed by atoms with van der Waals surface area (Å²) in [5, 5.41) is 2.74. The first kappa shape index (κ1) is 22.5. The predicted octanol–water partition coefficient (Wildman–Crippen LogP) is 3.93. The maximum Gasteiger partial charge on any atom is 0.316 e. The molecule has 154 valence electrons. The number of anilines is 1. The molecule has 6 nitrogen and oxygen atoms in total. The Balaban J connectivity index is 1.79. The first-order valence-corrected chi connectivity index (χ1v) is 10.2. The van der Waals surface area contributed by atoms with Gasteiger partial charge in [-0.15, -0.1) is 11.8 Å². The second kappa shape index (κ2) is 10.7. The van der Waals surface area contributed by atoms with Crippen LogP contribution in [0.4, 0.5) is 5.69 Å². The van der Waals surface area contributed by atoms with E-state index in [1.807, 2.05) is 32.0 Å². The zero-order valence-electron chi connectivity index (χ0n) is 17.0. The normalized spacial score (nSPS) is 10.3. The minimum atomic E-state index is -0.479. The molecule has 0 bridgehead atoms. The molecule has 1 N–H and O–H groups in total. The van der Waals surface area contributed by atoms with E-state index in [9.17, 15) is 14.4 Å². The summed E-state index contributed by atoms with van der Waals surface area (Å²) >= 11 is 1.33. The van der Waals surface area contributed by atoms with Crippen LogP contribution in [-0.2, 0) is 20.1 Å². The summed E-state index contributed by atoms with van der Waals surface area (Å²) < 4.78 is 10.3. The zero-order chi connectivity index (χ0) is 21.4. The fourth-order valence-electron chi connectivity index (χ4n) is 2.68. The lowest BCUT2D eigenvalue weighted by molar-refractivity contribution is -0.144. The van der Waals surface area contributed by atoms with Crippen LogP contribution in [0, 0.1) is 13.8 Å². The second-order valence-electron chi connectivity index (χ2n) is 6.60. The van der Waals surface area contributed by atoms with Gasteiger partial charge in [-0.1, -0.05) is 17.7 Å². The number of thioether (sulfide) groups is 1. The number of ether oxygens (including phenoxy) is 2. The van der Waals surface area contributed by atoms with Gasteiger partial charge in [-0.05, 0) is 50.6 Å². The Bertz CT molecular complexity index is 910. The van der Waals surface area contributed by atoms with Gasteiger partial charge >= 0.3 is 5.97 Å². The number of carbonyl (C=O) groups is 3. The van der Waals surface area contributed by atoms with Crippen molar-refractivity contribution in [3.8, 4) is 5.75 Å². The number of nitrogens with one attached hydrogen (secondary N) is 1. The van der Waals surface area contributed by atoms with Gasteiger partial charge in [-0.25, -0.2) is 0 Å². The van der Waals surface area contributed by atoms with E-state index in [0.717, 1.165) is 16.7 Å². The Kier molecular flexibility index (Phi) is 8.27. The summed E-state index contributed by atoms with van der Waals surface area (Å²) in [5.41, 5.74) is 4.16. The number of carbonyl (C=O) groups excluding carboxylic acids is 3. The number of benzene rings is 2. The first-order valence-electron chi connectivity index (χ1n) is 9.08. The van der Waals surface area contributed by atoms with Crippen molar-refractivity contribution < 1.29 is 23.9 Å².